The predicted molar refractivity (Wildman–Crippen MR) is 45.5 cm³/mol. The van der Waals surface area contributed by atoms with Crippen molar-refractivity contribution in [3.8, 4) is 0 Å². The Labute approximate surface area is 72.7 Å². The van der Waals surface area contributed by atoms with Crippen LogP contribution in [0.3, 0.4) is 0 Å². The molecule has 0 amide bonds. The van der Waals surface area contributed by atoms with Gasteiger partial charge in [0.15, 0.2) is 0 Å². The second-order valence-corrected chi connectivity index (χ2v) is 2.94. The Morgan fingerprint density at radius 1 is 1.67 bits per heavy atom. The highest BCUT2D eigenvalue weighted by molar-refractivity contribution is 5.76. The molecule has 4 heteroatoms. The number of carbonyl (C=O) groups excluding carboxylic acids is 1. The van der Waals surface area contributed by atoms with Gasteiger partial charge in [-0.3, -0.25) is 4.79 Å². The van der Waals surface area contributed by atoms with Gasteiger partial charge in [-0.05, 0) is 20.3 Å². The second-order valence-electron chi connectivity index (χ2n) is 2.94. The summed E-state index contributed by atoms with van der Waals surface area (Å²) in [6.07, 6.45) is 0.424. The summed E-state index contributed by atoms with van der Waals surface area (Å²) in [4.78, 5) is 11.0. The summed E-state index contributed by atoms with van der Waals surface area (Å²) in [5.41, 5.74) is 4.29. The van der Waals surface area contributed by atoms with E-state index in [2.05, 4.69) is 4.74 Å². The summed E-state index contributed by atoms with van der Waals surface area (Å²) >= 11 is 0. The Morgan fingerprint density at radius 2 is 2.17 bits per heavy atom. The lowest BCUT2D eigenvalue weighted by Gasteiger charge is -2.26. The maximum absolute atomic E-state index is 11.0. The first-order valence-electron chi connectivity index (χ1n) is 4.10. The van der Waals surface area contributed by atoms with Crippen LogP contribution >= 0.6 is 0 Å². The number of hydrogen-bond acceptors (Lipinski definition) is 4. The molecule has 72 valence electrons. The third kappa shape index (κ3) is 2.79. The molecular formula is C8H17NO3. The number of esters is 1. The zero-order valence-electron chi connectivity index (χ0n) is 7.83. The number of hydrogen-bond donors (Lipinski definition) is 2. The Hall–Kier alpha value is -0.610. The van der Waals surface area contributed by atoms with Gasteiger partial charge in [-0.15, -0.1) is 0 Å². The van der Waals surface area contributed by atoms with Crippen molar-refractivity contribution in [2.45, 2.75) is 38.8 Å². The third-order valence-corrected chi connectivity index (χ3v) is 1.93. The van der Waals surface area contributed by atoms with E-state index in [-0.39, 0.29) is 6.61 Å². The van der Waals surface area contributed by atoms with Gasteiger partial charge in [-0.1, -0.05) is 6.92 Å². The van der Waals surface area contributed by atoms with Crippen LogP contribution in [0, 0.1) is 0 Å². The molecule has 0 saturated carbocycles. The van der Waals surface area contributed by atoms with E-state index in [1.807, 2.05) is 0 Å². The van der Waals surface area contributed by atoms with Crippen LogP contribution in [0.2, 0.25) is 0 Å². The fraction of sp³-hybridized carbons (Fsp3) is 0.875. The molecule has 0 aliphatic carbocycles. The SMILES string of the molecule is CCOC(=O)[C@@H](N)[C@@](C)(O)CC. The van der Waals surface area contributed by atoms with Crippen molar-refractivity contribution in [2.24, 2.45) is 5.73 Å². The van der Waals surface area contributed by atoms with Crippen LogP contribution < -0.4 is 5.73 Å². The number of rotatable bonds is 4. The van der Waals surface area contributed by atoms with Crippen molar-refractivity contribution in [2.75, 3.05) is 6.61 Å². The summed E-state index contributed by atoms with van der Waals surface area (Å²) in [5, 5.41) is 9.56. The third-order valence-electron chi connectivity index (χ3n) is 1.93. The van der Waals surface area contributed by atoms with E-state index >= 15 is 0 Å². The lowest BCUT2D eigenvalue weighted by molar-refractivity contribution is -0.151. The molecule has 0 aliphatic heterocycles. The van der Waals surface area contributed by atoms with Crippen molar-refractivity contribution in [3.05, 3.63) is 0 Å². The van der Waals surface area contributed by atoms with Crippen LogP contribution in [-0.4, -0.2) is 29.3 Å². The molecule has 0 rings (SSSR count). The minimum Gasteiger partial charge on any atom is -0.465 e. The van der Waals surface area contributed by atoms with E-state index in [9.17, 15) is 9.90 Å². The maximum atomic E-state index is 11.0. The summed E-state index contributed by atoms with van der Waals surface area (Å²) in [7, 11) is 0. The van der Waals surface area contributed by atoms with Gasteiger partial charge in [-0.2, -0.15) is 0 Å². The van der Waals surface area contributed by atoms with Crippen LogP contribution in [-0.2, 0) is 9.53 Å². The minimum atomic E-state index is -1.17. The van der Waals surface area contributed by atoms with E-state index in [4.69, 9.17) is 5.73 Å². The molecule has 3 N–H and O–H groups in total. The molecule has 0 aromatic carbocycles. The summed E-state index contributed by atoms with van der Waals surface area (Å²) in [6.45, 7) is 5.27. The minimum absolute atomic E-state index is 0.284. The van der Waals surface area contributed by atoms with Crippen molar-refractivity contribution >= 4 is 5.97 Å². The molecular weight excluding hydrogens is 158 g/mol. The molecule has 0 aromatic heterocycles. The highest BCUT2D eigenvalue weighted by Gasteiger charge is 2.33. The highest BCUT2D eigenvalue weighted by Crippen LogP contribution is 2.13. The van der Waals surface area contributed by atoms with Crippen LogP contribution in [0.4, 0.5) is 0 Å². The van der Waals surface area contributed by atoms with Gasteiger partial charge in [-0.25, -0.2) is 0 Å². The second kappa shape index (κ2) is 4.42. The molecule has 0 radical (unpaired) electrons. The number of carbonyl (C=O) groups is 1. The fourth-order valence-electron chi connectivity index (χ4n) is 0.706. The standard InChI is InChI=1S/C8H17NO3/c1-4-8(3,11)6(9)7(10)12-5-2/h6,11H,4-5,9H2,1-3H3/t6-,8+/m1/s1. The molecule has 0 aliphatic rings. The monoisotopic (exact) mass is 175 g/mol. The number of nitrogens with two attached hydrogens (primary N) is 1. The molecule has 2 atom stereocenters. The van der Waals surface area contributed by atoms with Crippen LogP contribution in [0.1, 0.15) is 27.2 Å². The quantitative estimate of drug-likeness (QED) is 0.592. The summed E-state index contributed by atoms with van der Waals surface area (Å²) in [6, 6.07) is -0.956. The first-order chi connectivity index (χ1) is 5.45. The maximum Gasteiger partial charge on any atom is 0.325 e. The van der Waals surface area contributed by atoms with E-state index < -0.39 is 17.6 Å². The van der Waals surface area contributed by atoms with Gasteiger partial charge in [0, 0.05) is 0 Å². The van der Waals surface area contributed by atoms with Crippen molar-refractivity contribution < 1.29 is 14.6 Å². The molecule has 0 bridgehead atoms. The van der Waals surface area contributed by atoms with Gasteiger partial charge in [0.2, 0.25) is 0 Å². The van der Waals surface area contributed by atoms with E-state index in [1.54, 1.807) is 13.8 Å². The summed E-state index contributed by atoms with van der Waals surface area (Å²) < 4.78 is 4.67. The van der Waals surface area contributed by atoms with Gasteiger partial charge < -0.3 is 15.6 Å². The largest absolute Gasteiger partial charge is 0.465 e. The van der Waals surface area contributed by atoms with Gasteiger partial charge in [0.05, 0.1) is 12.2 Å². The Kier molecular flexibility index (Phi) is 4.20. The smallest absolute Gasteiger partial charge is 0.325 e. The van der Waals surface area contributed by atoms with Crippen LogP contribution in [0.25, 0.3) is 0 Å². The first kappa shape index (κ1) is 11.4. The fourth-order valence-corrected chi connectivity index (χ4v) is 0.706. The molecule has 12 heavy (non-hydrogen) atoms. The lowest BCUT2D eigenvalue weighted by Crippen LogP contribution is -2.51. The van der Waals surface area contributed by atoms with Gasteiger partial charge in [0.1, 0.15) is 6.04 Å². The van der Waals surface area contributed by atoms with Gasteiger partial charge >= 0.3 is 5.97 Å². The van der Waals surface area contributed by atoms with Gasteiger partial charge in [0.25, 0.3) is 0 Å². The van der Waals surface area contributed by atoms with Crippen molar-refractivity contribution in [3.63, 3.8) is 0 Å². The Balaban J connectivity index is 4.17. The Morgan fingerprint density at radius 3 is 2.50 bits per heavy atom. The van der Waals surface area contributed by atoms with Crippen LogP contribution in [0.5, 0.6) is 0 Å². The predicted octanol–water partition coefficient (Wildman–Crippen LogP) is 0.0378. The topological polar surface area (TPSA) is 72.5 Å². The first-order valence-corrected chi connectivity index (χ1v) is 4.10. The van der Waals surface area contributed by atoms with Crippen LogP contribution in [0.15, 0.2) is 0 Å². The number of ether oxygens (including phenoxy) is 1. The van der Waals surface area contributed by atoms with E-state index in [1.165, 1.54) is 6.92 Å². The zero-order valence-corrected chi connectivity index (χ0v) is 7.83. The van der Waals surface area contributed by atoms with Crippen molar-refractivity contribution in [1.29, 1.82) is 0 Å². The molecule has 0 spiro atoms. The van der Waals surface area contributed by atoms with E-state index in [0.717, 1.165) is 0 Å². The normalized spacial score (nSPS) is 18.1. The molecule has 0 saturated heterocycles. The zero-order chi connectivity index (χ0) is 9.78. The molecule has 4 nitrogen and oxygen atoms in total. The van der Waals surface area contributed by atoms with E-state index in [0.29, 0.717) is 6.42 Å². The number of aliphatic hydroxyl groups is 1. The molecule has 0 heterocycles. The highest BCUT2D eigenvalue weighted by atomic mass is 16.5. The molecule has 0 unspecified atom stereocenters. The van der Waals surface area contributed by atoms with Crippen molar-refractivity contribution in [1.82, 2.24) is 0 Å². The average Bonchev–Trinajstić information content (AvgIpc) is 2.03. The lowest BCUT2D eigenvalue weighted by atomic mass is 9.94. The Bertz CT molecular complexity index is 156. The molecule has 0 fully saturated rings. The average molecular weight is 175 g/mol. The summed E-state index contributed by atoms with van der Waals surface area (Å²) in [5.74, 6) is -0.552. The molecule has 0 aromatic rings.